The molecule has 1 saturated heterocycles. The SMILES string of the molecule is BrC1(Br)OCPCO1. The van der Waals surface area contributed by atoms with Crippen molar-refractivity contribution in [1.82, 2.24) is 0 Å². The smallest absolute Gasteiger partial charge is 0.286 e. The van der Waals surface area contributed by atoms with Crippen molar-refractivity contribution in [1.29, 1.82) is 0 Å². The zero-order valence-electron chi connectivity index (χ0n) is 3.99. The van der Waals surface area contributed by atoms with Crippen LogP contribution in [0.15, 0.2) is 0 Å². The fourth-order valence-electron chi connectivity index (χ4n) is 0.353. The molecule has 5 heteroatoms. The molecule has 0 aromatic rings. The van der Waals surface area contributed by atoms with Gasteiger partial charge in [0.1, 0.15) is 0 Å². The van der Waals surface area contributed by atoms with E-state index in [1.807, 2.05) is 0 Å². The largest absolute Gasteiger partial charge is 0.328 e. The van der Waals surface area contributed by atoms with Crippen LogP contribution in [0.25, 0.3) is 0 Å². The Bertz CT molecular complexity index is 79.4. The Balaban J connectivity index is 2.33. The minimum atomic E-state index is -0.689. The molecule has 1 heterocycles. The van der Waals surface area contributed by atoms with Crippen molar-refractivity contribution in [3.8, 4) is 0 Å². The second-order valence-corrected chi connectivity index (χ2v) is 5.52. The monoisotopic (exact) mass is 262 g/mol. The molecule has 0 amide bonds. The van der Waals surface area contributed by atoms with Gasteiger partial charge >= 0.3 is 0 Å². The van der Waals surface area contributed by atoms with Crippen LogP contribution >= 0.6 is 40.4 Å². The summed E-state index contributed by atoms with van der Waals surface area (Å²) in [5, 5.41) is 0. The summed E-state index contributed by atoms with van der Waals surface area (Å²) in [5.74, 6) is 0. The number of rotatable bonds is 0. The summed E-state index contributed by atoms with van der Waals surface area (Å²) in [6.07, 6.45) is 1.55. The van der Waals surface area contributed by atoms with Crippen LogP contribution in [0.2, 0.25) is 0 Å². The Hall–Kier alpha value is 1.31. The molecule has 48 valence electrons. The zero-order chi connectivity index (χ0) is 6.04. The molecule has 1 rings (SSSR count). The Labute approximate surface area is 66.3 Å². The normalized spacial score (nSPS) is 27.8. The first kappa shape index (κ1) is 7.42. The van der Waals surface area contributed by atoms with Gasteiger partial charge in [-0.2, -0.15) is 0 Å². The van der Waals surface area contributed by atoms with Crippen LogP contribution < -0.4 is 0 Å². The number of hydrogen-bond acceptors (Lipinski definition) is 2. The van der Waals surface area contributed by atoms with Gasteiger partial charge in [0.05, 0.1) is 12.7 Å². The molecule has 0 atom stereocenters. The van der Waals surface area contributed by atoms with E-state index >= 15 is 0 Å². The summed E-state index contributed by atoms with van der Waals surface area (Å²) < 4.78 is 9.49. The molecule has 0 radical (unpaired) electrons. The lowest BCUT2D eigenvalue weighted by Crippen LogP contribution is -2.24. The van der Waals surface area contributed by atoms with Crippen molar-refractivity contribution in [3.05, 3.63) is 0 Å². The van der Waals surface area contributed by atoms with E-state index < -0.39 is 3.61 Å². The number of ether oxygens (including phenoxy) is 2. The molecule has 0 bridgehead atoms. The minimum Gasteiger partial charge on any atom is -0.328 e. The van der Waals surface area contributed by atoms with E-state index in [1.165, 1.54) is 0 Å². The van der Waals surface area contributed by atoms with Gasteiger partial charge in [0.25, 0.3) is 3.61 Å². The van der Waals surface area contributed by atoms with Gasteiger partial charge < -0.3 is 9.47 Å². The summed E-state index contributed by atoms with van der Waals surface area (Å²) >= 11 is 6.34. The molecular weight excluding hydrogens is 259 g/mol. The average Bonchev–Trinajstić information content (AvgIpc) is 1.65. The van der Waals surface area contributed by atoms with E-state index in [-0.39, 0.29) is 0 Å². The van der Waals surface area contributed by atoms with Crippen molar-refractivity contribution in [2.24, 2.45) is 0 Å². The quantitative estimate of drug-likeness (QED) is 0.492. The van der Waals surface area contributed by atoms with E-state index in [0.29, 0.717) is 0 Å². The summed E-state index contributed by atoms with van der Waals surface area (Å²) in [4.78, 5) is 0. The molecule has 1 fully saturated rings. The van der Waals surface area contributed by atoms with Crippen molar-refractivity contribution < 1.29 is 9.47 Å². The molecule has 0 aliphatic carbocycles. The van der Waals surface area contributed by atoms with Crippen molar-refractivity contribution >= 4 is 40.4 Å². The van der Waals surface area contributed by atoms with E-state index in [0.717, 1.165) is 21.3 Å². The lowest BCUT2D eigenvalue weighted by Gasteiger charge is -2.25. The fourth-order valence-corrected chi connectivity index (χ4v) is 2.35. The second-order valence-electron chi connectivity index (χ2n) is 1.29. The lowest BCUT2D eigenvalue weighted by atomic mass is 11.3. The van der Waals surface area contributed by atoms with E-state index in [4.69, 9.17) is 9.47 Å². The molecular formula is C3H5Br2O2P. The van der Waals surface area contributed by atoms with Gasteiger partial charge in [-0.3, -0.25) is 0 Å². The van der Waals surface area contributed by atoms with Crippen LogP contribution in [0.1, 0.15) is 0 Å². The third kappa shape index (κ3) is 2.28. The van der Waals surface area contributed by atoms with Crippen molar-refractivity contribution in [2.75, 3.05) is 12.7 Å². The predicted octanol–water partition coefficient (Wildman–Crippen LogP) is 2.03. The van der Waals surface area contributed by atoms with Crippen LogP contribution in [-0.4, -0.2) is 16.3 Å². The highest BCUT2D eigenvalue weighted by Gasteiger charge is 2.26. The maximum absolute atomic E-state index is 5.09. The number of hydrogen-bond donors (Lipinski definition) is 0. The first-order valence-corrected chi connectivity index (χ1v) is 5.07. The van der Waals surface area contributed by atoms with Gasteiger partial charge in [-0.1, -0.05) is 8.58 Å². The highest BCUT2D eigenvalue weighted by Crippen LogP contribution is 2.36. The molecule has 0 aromatic heterocycles. The first-order chi connectivity index (χ1) is 3.71. The Morgan fingerprint density at radius 2 is 1.75 bits per heavy atom. The zero-order valence-corrected chi connectivity index (χ0v) is 8.16. The Morgan fingerprint density at radius 1 is 1.25 bits per heavy atom. The maximum atomic E-state index is 5.09. The summed E-state index contributed by atoms with van der Waals surface area (Å²) in [5.41, 5.74) is 0. The van der Waals surface area contributed by atoms with E-state index in [9.17, 15) is 0 Å². The van der Waals surface area contributed by atoms with Crippen LogP contribution in [-0.2, 0) is 9.47 Å². The van der Waals surface area contributed by atoms with Crippen LogP contribution in [0.3, 0.4) is 0 Å². The first-order valence-electron chi connectivity index (χ1n) is 2.07. The molecule has 2 nitrogen and oxygen atoms in total. The molecule has 0 unspecified atom stereocenters. The van der Waals surface area contributed by atoms with E-state index in [1.54, 1.807) is 0 Å². The lowest BCUT2D eigenvalue weighted by molar-refractivity contribution is -0.0791. The minimum absolute atomic E-state index is 0.689. The summed E-state index contributed by atoms with van der Waals surface area (Å²) in [7, 11) is 0.764. The van der Waals surface area contributed by atoms with Gasteiger partial charge in [0, 0.05) is 0 Å². The summed E-state index contributed by atoms with van der Waals surface area (Å²) in [6.45, 7) is 0. The molecule has 1 aliphatic heterocycles. The number of halogens is 2. The van der Waals surface area contributed by atoms with Gasteiger partial charge in [-0.15, -0.1) is 0 Å². The van der Waals surface area contributed by atoms with Crippen LogP contribution in [0.4, 0.5) is 0 Å². The van der Waals surface area contributed by atoms with E-state index in [2.05, 4.69) is 31.9 Å². The third-order valence-corrected chi connectivity index (χ3v) is 2.30. The van der Waals surface area contributed by atoms with Crippen molar-refractivity contribution in [3.63, 3.8) is 0 Å². The van der Waals surface area contributed by atoms with Gasteiger partial charge in [0.15, 0.2) is 0 Å². The maximum Gasteiger partial charge on any atom is 0.286 e. The fraction of sp³-hybridized carbons (Fsp3) is 1.00. The molecule has 0 N–H and O–H groups in total. The standard InChI is InChI=1S/C3H5Br2O2P/c4-3(5)6-1-8-2-7-3/h8H,1-2H2. The van der Waals surface area contributed by atoms with Crippen LogP contribution in [0.5, 0.6) is 0 Å². The van der Waals surface area contributed by atoms with Crippen molar-refractivity contribution in [2.45, 2.75) is 3.61 Å². The Kier molecular flexibility index (Phi) is 2.72. The van der Waals surface area contributed by atoms with Gasteiger partial charge in [0.2, 0.25) is 0 Å². The van der Waals surface area contributed by atoms with Crippen LogP contribution in [0, 0.1) is 0 Å². The predicted molar refractivity (Wildman–Crippen MR) is 40.8 cm³/mol. The molecule has 0 spiro atoms. The molecule has 8 heavy (non-hydrogen) atoms. The molecule has 1 aliphatic rings. The average molecular weight is 264 g/mol. The number of alkyl halides is 2. The third-order valence-electron chi connectivity index (χ3n) is 0.685. The highest BCUT2D eigenvalue weighted by atomic mass is 79.9. The Morgan fingerprint density at radius 3 is 2.00 bits per heavy atom. The molecule has 0 saturated carbocycles. The highest BCUT2D eigenvalue weighted by molar-refractivity contribution is 9.25. The van der Waals surface area contributed by atoms with Gasteiger partial charge in [-0.05, 0) is 31.9 Å². The second kappa shape index (κ2) is 2.93. The summed E-state index contributed by atoms with van der Waals surface area (Å²) in [6, 6.07) is 0. The molecule has 0 aromatic carbocycles. The van der Waals surface area contributed by atoms with Gasteiger partial charge in [-0.25, -0.2) is 0 Å². The topological polar surface area (TPSA) is 18.5 Å².